The zero-order valence-corrected chi connectivity index (χ0v) is 18.5. The number of nitrogens with one attached hydrogen (secondary N) is 2. The summed E-state index contributed by atoms with van der Waals surface area (Å²) in [5.41, 5.74) is 3.10. The van der Waals surface area contributed by atoms with E-state index in [9.17, 15) is 4.79 Å². The lowest BCUT2D eigenvalue weighted by Crippen LogP contribution is -2.22. The minimum Gasteiger partial charge on any atom is -0.494 e. The Bertz CT molecular complexity index is 1210. The molecule has 0 aliphatic carbocycles. The average molecular weight is 444 g/mol. The van der Waals surface area contributed by atoms with E-state index in [1.807, 2.05) is 61.0 Å². The van der Waals surface area contributed by atoms with Gasteiger partial charge in [0, 0.05) is 31.0 Å². The first-order valence-electron chi connectivity index (χ1n) is 10.6. The van der Waals surface area contributed by atoms with E-state index < -0.39 is 0 Å². The van der Waals surface area contributed by atoms with E-state index in [0.717, 1.165) is 22.8 Å². The Balaban J connectivity index is 1.35. The SMILES string of the molecule is CCOc1ccc(CNC(=O)c2cccc(NCc3nnc(-c4ccncn4)n3C)c2)cc1. The number of hydrogen-bond acceptors (Lipinski definition) is 7. The van der Waals surface area contributed by atoms with Crippen LogP contribution in [-0.4, -0.2) is 37.2 Å². The van der Waals surface area contributed by atoms with Crippen molar-refractivity contribution < 1.29 is 9.53 Å². The van der Waals surface area contributed by atoms with Gasteiger partial charge in [-0.15, -0.1) is 10.2 Å². The number of anilines is 1. The van der Waals surface area contributed by atoms with Crippen LogP contribution in [0.3, 0.4) is 0 Å². The molecule has 4 aromatic rings. The molecule has 168 valence electrons. The summed E-state index contributed by atoms with van der Waals surface area (Å²) in [4.78, 5) is 20.8. The molecular weight excluding hydrogens is 418 g/mol. The van der Waals surface area contributed by atoms with Crippen molar-refractivity contribution in [2.24, 2.45) is 7.05 Å². The molecule has 0 radical (unpaired) electrons. The second kappa shape index (κ2) is 10.4. The van der Waals surface area contributed by atoms with Crippen LogP contribution in [0.4, 0.5) is 5.69 Å². The summed E-state index contributed by atoms with van der Waals surface area (Å²) >= 11 is 0. The normalized spacial score (nSPS) is 10.6. The fourth-order valence-corrected chi connectivity index (χ4v) is 3.27. The third-order valence-electron chi connectivity index (χ3n) is 5.04. The number of aromatic nitrogens is 5. The predicted molar refractivity (Wildman–Crippen MR) is 125 cm³/mol. The highest BCUT2D eigenvalue weighted by atomic mass is 16.5. The fraction of sp³-hybridized carbons (Fsp3) is 0.208. The lowest BCUT2D eigenvalue weighted by atomic mass is 10.1. The largest absolute Gasteiger partial charge is 0.494 e. The standard InChI is InChI=1S/C24H25N7O2/c1-3-33-20-9-7-17(8-10-20)14-27-24(32)18-5-4-6-19(13-18)26-15-22-29-30-23(31(22)2)21-11-12-25-16-28-21/h4-13,16,26H,3,14-15H2,1-2H3,(H,27,32). The number of benzene rings is 2. The van der Waals surface area contributed by atoms with Gasteiger partial charge in [-0.1, -0.05) is 18.2 Å². The van der Waals surface area contributed by atoms with Gasteiger partial charge in [-0.05, 0) is 48.9 Å². The molecule has 0 spiro atoms. The molecule has 2 N–H and O–H groups in total. The predicted octanol–water partition coefficient (Wildman–Crippen LogP) is 3.21. The minimum atomic E-state index is -0.141. The van der Waals surface area contributed by atoms with E-state index in [4.69, 9.17) is 4.74 Å². The van der Waals surface area contributed by atoms with Crippen molar-refractivity contribution in [3.63, 3.8) is 0 Å². The first-order valence-corrected chi connectivity index (χ1v) is 10.6. The van der Waals surface area contributed by atoms with Gasteiger partial charge < -0.3 is 19.9 Å². The molecular formula is C24H25N7O2. The van der Waals surface area contributed by atoms with E-state index >= 15 is 0 Å². The first-order chi connectivity index (χ1) is 16.1. The van der Waals surface area contributed by atoms with E-state index in [2.05, 4.69) is 30.8 Å². The van der Waals surface area contributed by atoms with E-state index in [-0.39, 0.29) is 5.91 Å². The molecule has 4 rings (SSSR count). The Morgan fingerprint density at radius 2 is 1.91 bits per heavy atom. The molecule has 2 heterocycles. The Hall–Kier alpha value is -4.27. The third kappa shape index (κ3) is 5.51. The quantitative estimate of drug-likeness (QED) is 0.409. The Labute approximate surface area is 191 Å². The molecule has 2 aromatic heterocycles. The van der Waals surface area contributed by atoms with Crippen molar-refractivity contribution in [2.75, 3.05) is 11.9 Å². The molecule has 33 heavy (non-hydrogen) atoms. The lowest BCUT2D eigenvalue weighted by Gasteiger charge is -2.10. The van der Waals surface area contributed by atoms with Crippen LogP contribution in [0.1, 0.15) is 28.7 Å². The van der Waals surface area contributed by atoms with Crippen LogP contribution in [0.5, 0.6) is 5.75 Å². The second-order valence-electron chi connectivity index (χ2n) is 7.29. The summed E-state index contributed by atoms with van der Waals surface area (Å²) < 4.78 is 7.32. The van der Waals surface area contributed by atoms with Crippen molar-refractivity contribution in [1.29, 1.82) is 0 Å². The second-order valence-corrected chi connectivity index (χ2v) is 7.29. The van der Waals surface area contributed by atoms with Crippen molar-refractivity contribution in [3.8, 4) is 17.3 Å². The Kier molecular flexibility index (Phi) is 6.89. The number of rotatable bonds is 9. The summed E-state index contributed by atoms with van der Waals surface area (Å²) in [6, 6.07) is 16.8. The minimum absolute atomic E-state index is 0.141. The van der Waals surface area contributed by atoms with Crippen LogP contribution in [0.25, 0.3) is 11.5 Å². The summed E-state index contributed by atoms with van der Waals surface area (Å²) in [6.45, 7) is 3.46. The highest BCUT2D eigenvalue weighted by Crippen LogP contribution is 2.16. The molecule has 2 aromatic carbocycles. The van der Waals surface area contributed by atoms with E-state index in [1.165, 1.54) is 6.33 Å². The zero-order chi connectivity index (χ0) is 23.0. The smallest absolute Gasteiger partial charge is 0.251 e. The Morgan fingerprint density at radius 1 is 1.06 bits per heavy atom. The van der Waals surface area contributed by atoms with Gasteiger partial charge in [0.1, 0.15) is 17.8 Å². The van der Waals surface area contributed by atoms with Crippen LogP contribution in [0, 0.1) is 0 Å². The molecule has 0 unspecified atom stereocenters. The molecule has 0 bridgehead atoms. The van der Waals surface area contributed by atoms with Crippen LogP contribution in [-0.2, 0) is 20.1 Å². The average Bonchev–Trinajstić information content (AvgIpc) is 3.23. The number of ether oxygens (including phenoxy) is 1. The molecule has 1 amide bonds. The van der Waals surface area contributed by atoms with Gasteiger partial charge in [0.2, 0.25) is 0 Å². The summed E-state index contributed by atoms with van der Waals surface area (Å²) in [5.74, 6) is 2.08. The highest BCUT2D eigenvalue weighted by Gasteiger charge is 2.12. The first kappa shape index (κ1) is 21.9. The number of amides is 1. The molecule has 0 aliphatic rings. The van der Waals surface area contributed by atoms with Crippen molar-refractivity contribution >= 4 is 11.6 Å². The monoisotopic (exact) mass is 443 g/mol. The molecule has 9 nitrogen and oxygen atoms in total. The third-order valence-corrected chi connectivity index (χ3v) is 5.04. The maximum atomic E-state index is 12.6. The fourth-order valence-electron chi connectivity index (χ4n) is 3.27. The van der Waals surface area contributed by atoms with Gasteiger partial charge in [-0.25, -0.2) is 9.97 Å². The maximum absolute atomic E-state index is 12.6. The molecule has 9 heteroatoms. The van der Waals surface area contributed by atoms with Gasteiger partial charge >= 0.3 is 0 Å². The van der Waals surface area contributed by atoms with Crippen LogP contribution >= 0.6 is 0 Å². The zero-order valence-electron chi connectivity index (χ0n) is 18.5. The number of carbonyl (C=O) groups is 1. The van der Waals surface area contributed by atoms with E-state index in [0.29, 0.717) is 36.8 Å². The summed E-state index contributed by atoms with van der Waals surface area (Å²) in [5, 5.41) is 14.7. The van der Waals surface area contributed by atoms with Gasteiger partial charge in [-0.3, -0.25) is 4.79 Å². The Morgan fingerprint density at radius 3 is 2.67 bits per heavy atom. The topological polar surface area (TPSA) is 107 Å². The van der Waals surface area contributed by atoms with Crippen molar-refractivity contribution in [2.45, 2.75) is 20.0 Å². The summed E-state index contributed by atoms with van der Waals surface area (Å²) in [6.07, 6.45) is 3.15. The van der Waals surface area contributed by atoms with Gasteiger partial charge in [-0.2, -0.15) is 0 Å². The summed E-state index contributed by atoms with van der Waals surface area (Å²) in [7, 11) is 1.89. The number of carbonyl (C=O) groups excluding carboxylic acids is 1. The molecule has 0 atom stereocenters. The lowest BCUT2D eigenvalue weighted by molar-refractivity contribution is 0.0951. The van der Waals surface area contributed by atoms with Crippen molar-refractivity contribution in [3.05, 3.63) is 84.1 Å². The highest BCUT2D eigenvalue weighted by molar-refractivity contribution is 5.95. The number of hydrogen-bond donors (Lipinski definition) is 2. The van der Waals surface area contributed by atoms with Gasteiger partial charge in [0.25, 0.3) is 5.91 Å². The number of nitrogens with zero attached hydrogens (tertiary/aromatic N) is 5. The van der Waals surface area contributed by atoms with Gasteiger partial charge in [0.15, 0.2) is 11.6 Å². The van der Waals surface area contributed by atoms with Gasteiger partial charge in [0.05, 0.1) is 13.2 Å². The molecule has 0 fully saturated rings. The van der Waals surface area contributed by atoms with E-state index in [1.54, 1.807) is 18.3 Å². The van der Waals surface area contributed by atoms with Crippen LogP contribution < -0.4 is 15.4 Å². The van der Waals surface area contributed by atoms with Crippen LogP contribution in [0.15, 0.2) is 67.1 Å². The maximum Gasteiger partial charge on any atom is 0.251 e. The molecule has 0 saturated carbocycles. The molecule has 0 saturated heterocycles. The molecule has 0 aliphatic heterocycles. The van der Waals surface area contributed by atoms with Crippen LogP contribution in [0.2, 0.25) is 0 Å². The van der Waals surface area contributed by atoms with Crippen molar-refractivity contribution in [1.82, 2.24) is 30.0 Å².